The number of halogens is 3. The van der Waals surface area contributed by atoms with E-state index in [9.17, 15) is 9.59 Å². The van der Waals surface area contributed by atoms with E-state index < -0.39 is 6.04 Å². The lowest BCUT2D eigenvalue weighted by molar-refractivity contribution is -0.139. The Morgan fingerprint density at radius 3 is 2.39 bits per heavy atom. The fourth-order valence-corrected chi connectivity index (χ4v) is 4.64. The lowest BCUT2D eigenvalue weighted by atomic mass is 10.1. The van der Waals surface area contributed by atoms with Crippen molar-refractivity contribution < 1.29 is 9.59 Å². The number of thioether (sulfide) groups is 1. The van der Waals surface area contributed by atoms with Crippen molar-refractivity contribution in [1.82, 2.24) is 10.2 Å². The van der Waals surface area contributed by atoms with E-state index in [1.165, 1.54) is 11.8 Å². The maximum absolute atomic E-state index is 13.2. The van der Waals surface area contributed by atoms with Gasteiger partial charge in [0.15, 0.2) is 0 Å². The Balaban J connectivity index is 2.18. The van der Waals surface area contributed by atoms with Crippen molar-refractivity contribution in [2.45, 2.75) is 51.6 Å². The molecule has 1 N–H and O–H groups in total. The molecule has 0 spiro atoms. The zero-order chi connectivity index (χ0) is 23.0. The fraction of sp³-hybridized carbons (Fsp3) is 0.391. The molecule has 4 nitrogen and oxygen atoms in total. The van der Waals surface area contributed by atoms with Gasteiger partial charge in [-0.05, 0) is 55.7 Å². The highest BCUT2D eigenvalue weighted by Gasteiger charge is 2.29. The lowest BCUT2D eigenvalue weighted by Crippen LogP contribution is -2.51. The first kappa shape index (κ1) is 25.9. The molecule has 2 aromatic rings. The molecule has 0 saturated heterocycles. The van der Waals surface area contributed by atoms with Gasteiger partial charge in [0.2, 0.25) is 11.8 Å². The topological polar surface area (TPSA) is 49.4 Å². The Hall–Kier alpha value is -1.40. The quantitative estimate of drug-likeness (QED) is 0.421. The van der Waals surface area contributed by atoms with Crippen LogP contribution in [0.15, 0.2) is 42.5 Å². The van der Waals surface area contributed by atoms with Gasteiger partial charge in [-0.2, -0.15) is 0 Å². The Morgan fingerprint density at radius 1 is 1.06 bits per heavy atom. The van der Waals surface area contributed by atoms with E-state index in [4.69, 9.17) is 34.8 Å². The monoisotopic (exact) mass is 500 g/mol. The van der Waals surface area contributed by atoms with Gasteiger partial charge in [0.25, 0.3) is 0 Å². The second-order valence-corrected chi connectivity index (χ2v) is 9.73. The van der Waals surface area contributed by atoms with Crippen LogP contribution < -0.4 is 5.32 Å². The van der Waals surface area contributed by atoms with Gasteiger partial charge in [-0.25, -0.2) is 0 Å². The molecule has 0 radical (unpaired) electrons. The highest BCUT2D eigenvalue weighted by Crippen LogP contribution is 2.25. The van der Waals surface area contributed by atoms with E-state index in [2.05, 4.69) is 5.32 Å². The average molecular weight is 502 g/mol. The molecular weight excluding hydrogens is 475 g/mol. The second kappa shape index (κ2) is 12.6. The van der Waals surface area contributed by atoms with Crippen LogP contribution in [0.25, 0.3) is 0 Å². The van der Waals surface area contributed by atoms with Crippen molar-refractivity contribution in [2.75, 3.05) is 5.75 Å². The summed E-state index contributed by atoms with van der Waals surface area (Å²) in [5.74, 6) is 0.597. The molecule has 0 fully saturated rings. The van der Waals surface area contributed by atoms with E-state index in [1.54, 1.807) is 23.1 Å². The highest BCUT2D eigenvalue weighted by molar-refractivity contribution is 7.99. The van der Waals surface area contributed by atoms with Crippen LogP contribution in [0.5, 0.6) is 0 Å². The first-order valence-electron chi connectivity index (χ1n) is 10.1. The van der Waals surface area contributed by atoms with Crippen LogP contribution in [0, 0.1) is 0 Å². The van der Waals surface area contributed by atoms with Crippen molar-refractivity contribution >= 4 is 58.4 Å². The van der Waals surface area contributed by atoms with Crippen LogP contribution in [0.4, 0.5) is 0 Å². The minimum Gasteiger partial charge on any atom is -0.352 e. The summed E-state index contributed by atoms with van der Waals surface area (Å²) in [5.41, 5.74) is 1.79. The van der Waals surface area contributed by atoms with E-state index in [-0.39, 0.29) is 30.2 Å². The maximum atomic E-state index is 13.2. The van der Waals surface area contributed by atoms with Gasteiger partial charge in [-0.3, -0.25) is 9.59 Å². The number of carbonyl (C=O) groups excluding carboxylic acids is 2. The SMILES string of the molecule is CCC(C(=O)NC(C)C)N(Cc1ccc(Cl)cc1Cl)C(=O)CSCc1cccc(Cl)c1. The molecule has 2 amide bonds. The van der Waals surface area contributed by atoms with Gasteiger partial charge in [0.05, 0.1) is 5.75 Å². The Labute approximate surface area is 203 Å². The number of carbonyl (C=O) groups is 2. The standard InChI is InChI=1S/C23H27Cl3N2O2S/c1-4-21(23(30)27-15(2)3)28(12-17-8-9-19(25)11-20(17)26)22(29)14-31-13-16-6-5-7-18(24)10-16/h5-11,15,21H,4,12-14H2,1-3H3,(H,27,30). The third kappa shape index (κ3) is 8.23. The van der Waals surface area contributed by atoms with Crippen molar-refractivity contribution in [2.24, 2.45) is 0 Å². The first-order chi connectivity index (χ1) is 14.7. The van der Waals surface area contributed by atoms with E-state index in [0.29, 0.717) is 27.2 Å². The summed E-state index contributed by atoms with van der Waals surface area (Å²) >= 11 is 19.9. The largest absolute Gasteiger partial charge is 0.352 e. The smallest absolute Gasteiger partial charge is 0.243 e. The van der Waals surface area contributed by atoms with E-state index in [1.807, 2.05) is 45.0 Å². The predicted molar refractivity (Wildman–Crippen MR) is 132 cm³/mol. The number of nitrogens with one attached hydrogen (secondary N) is 1. The summed E-state index contributed by atoms with van der Waals surface area (Å²) in [7, 11) is 0. The van der Waals surface area contributed by atoms with Crippen molar-refractivity contribution in [3.8, 4) is 0 Å². The van der Waals surface area contributed by atoms with Crippen LogP contribution in [0.3, 0.4) is 0 Å². The molecule has 0 heterocycles. The summed E-state index contributed by atoms with van der Waals surface area (Å²) in [6, 6.07) is 12.1. The molecule has 2 rings (SSSR count). The van der Waals surface area contributed by atoms with Crippen LogP contribution >= 0.6 is 46.6 Å². The normalized spacial score (nSPS) is 12.0. The Kier molecular flexibility index (Phi) is 10.5. The second-order valence-electron chi connectivity index (χ2n) is 7.47. The van der Waals surface area contributed by atoms with Crippen LogP contribution in [0.1, 0.15) is 38.3 Å². The molecule has 1 atom stereocenters. The summed E-state index contributed by atoms with van der Waals surface area (Å²) in [4.78, 5) is 27.6. The molecule has 2 aromatic carbocycles. The summed E-state index contributed by atoms with van der Waals surface area (Å²) in [6.07, 6.45) is 0.495. The number of rotatable bonds is 10. The minimum atomic E-state index is -0.589. The van der Waals surface area contributed by atoms with Crippen molar-refractivity contribution in [3.63, 3.8) is 0 Å². The summed E-state index contributed by atoms with van der Waals surface area (Å²) in [6.45, 7) is 5.92. The number of amides is 2. The van der Waals surface area contributed by atoms with Crippen LogP contribution in [0.2, 0.25) is 15.1 Å². The van der Waals surface area contributed by atoms with E-state index >= 15 is 0 Å². The van der Waals surface area contributed by atoms with Gasteiger partial charge in [0.1, 0.15) is 6.04 Å². The molecule has 0 saturated carbocycles. The zero-order valence-corrected chi connectivity index (χ0v) is 20.9. The predicted octanol–water partition coefficient (Wildman–Crippen LogP) is 6.21. The summed E-state index contributed by atoms with van der Waals surface area (Å²) in [5, 5.41) is 4.58. The number of hydrogen-bond donors (Lipinski definition) is 1. The summed E-state index contributed by atoms with van der Waals surface area (Å²) < 4.78 is 0. The number of benzene rings is 2. The molecule has 0 aliphatic carbocycles. The van der Waals surface area contributed by atoms with Gasteiger partial charge >= 0.3 is 0 Å². The molecule has 0 aromatic heterocycles. The maximum Gasteiger partial charge on any atom is 0.243 e. The minimum absolute atomic E-state index is 0.0187. The van der Waals surface area contributed by atoms with Crippen LogP contribution in [-0.2, 0) is 21.9 Å². The van der Waals surface area contributed by atoms with Gasteiger partial charge < -0.3 is 10.2 Å². The molecular formula is C23H27Cl3N2O2S. The zero-order valence-electron chi connectivity index (χ0n) is 17.8. The fourth-order valence-electron chi connectivity index (χ4n) is 3.10. The lowest BCUT2D eigenvalue weighted by Gasteiger charge is -2.31. The molecule has 31 heavy (non-hydrogen) atoms. The number of hydrogen-bond acceptors (Lipinski definition) is 3. The third-order valence-corrected chi connectivity index (χ3v) is 6.37. The number of nitrogens with zero attached hydrogens (tertiary/aromatic N) is 1. The first-order valence-corrected chi connectivity index (χ1v) is 12.4. The van der Waals surface area contributed by atoms with Gasteiger partial charge in [0, 0.05) is 33.4 Å². The third-order valence-electron chi connectivity index (χ3n) is 4.56. The molecule has 168 valence electrons. The molecule has 0 aliphatic rings. The molecule has 0 bridgehead atoms. The molecule has 8 heteroatoms. The van der Waals surface area contributed by atoms with Gasteiger partial charge in [-0.15, -0.1) is 11.8 Å². The van der Waals surface area contributed by atoms with E-state index in [0.717, 1.165) is 11.1 Å². The average Bonchev–Trinajstić information content (AvgIpc) is 2.69. The van der Waals surface area contributed by atoms with Gasteiger partial charge in [-0.1, -0.05) is 59.9 Å². The Morgan fingerprint density at radius 2 is 1.77 bits per heavy atom. The Bertz CT molecular complexity index is 908. The van der Waals surface area contributed by atoms with Crippen molar-refractivity contribution in [3.05, 3.63) is 68.7 Å². The molecule has 1 unspecified atom stereocenters. The highest BCUT2D eigenvalue weighted by atomic mass is 35.5. The van der Waals surface area contributed by atoms with Crippen molar-refractivity contribution in [1.29, 1.82) is 0 Å². The molecule has 0 aliphatic heterocycles. The van der Waals surface area contributed by atoms with Crippen LogP contribution in [-0.4, -0.2) is 34.6 Å².